The van der Waals surface area contributed by atoms with Crippen LogP contribution in [0.15, 0.2) is 54.7 Å². The maximum atomic E-state index is 10.2. The maximum Gasteiger partial charge on any atom is 0.167 e. The van der Waals surface area contributed by atoms with Gasteiger partial charge in [-0.25, -0.2) is 0 Å². The fourth-order valence-electron chi connectivity index (χ4n) is 4.53. The minimum Gasteiger partial charge on any atom is -0.508 e. The second kappa shape index (κ2) is 19.2. The van der Waals surface area contributed by atoms with Crippen molar-refractivity contribution in [3.05, 3.63) is 65.9 Å². The van der Waals surface area contributed by atoms with E-state index in [-0.39, 0.29) is 0 Å². The summed E-state index contributed by atoms with van der Waals surface area (Å²) in [5.74, 6) is 1.15. The number of phenolic OH excluding ortho intramolecular Hbond substituents is 1. The highest BCUT2D eigenvalue weighted by molar-refractivity contribution is 5.64. The lowest BCUT2D eigenvalue weighted by Gasteiger charge is -2.12. The third-order valence-corrected chi connectivity index (χ3v) is 6.70. The summed E-state index contributed by atoms with van der Waals surface area (Å²) in [4.78, 5) is 0. The van der Waals surface area contributed by atoms with Crippen LogP contribution in [-0.4, -0.2) is 27.6 Å². The van der Waals surface area contributed by atoms with Crippen molar-refractivity contribution in [1.82, 2.24) is 15.4 Å². The van der Waals surface area contributed by atoms with Crippen molar-refractivity contribution >= 4 is 0 Å². The second-order valence-electron chi connectivity index (χ2n) is 9.67. The summed E-state index contributed by atoms with van der Waals surface area (Å²) >= 11 is 0. The number of aryl methyl sites for hydroxylation is 1. The molecule has 0 fully saturated rings. The van der Waals surface area contributed by atoms with Gasteiger partial charge in [0.2, 0.25) is 0 Å². The Bertz CT molecular complexity index is 979. The van der Waals surface area contributed by atoms with Gasteiger partial charge in [-0.2, -0.15) is 0 Å². The normalized spacial score (nSPS) is 10.6. The zero-order valence-electron chi connectivity index (χ0n) is 23.3. The van der Waals surface area contributed by atoms with Gasteiger partial charge in [-0.1, -0.05) is 121 Å². The van der Waals surface area contributed by atoms with Gasteiger partial charge in [-0.3, -0.25) is 0 Å². The first-order valence-corrected chi connectivity index (χ1v) is 14.3. The standard InChI is InChI=1S/C22H38O.C10H9N3O/c1-3-5-7-9-11-13-16-20-17-15-19-22(23)21(20)18-14-12-10-8-6-4-2;1-14-9-7-11-13-12-10(9)8-5-3-2-4-6-8/h15,17,19,23H,3-14,16,18H2,1-2H3;2-7H,1H3. The second-order valence-corrected chi connectivity index (χ2v) is 9.67. The van der Waals surface area contributed by atoms with Crippen LogP contribution in [0.5, 0.6) is 11.5 Å². The molecule has 1 heterocycles. The van der Waals surface area contributed by atoms with Gasteiger partial charge < -0.3 is 9.84 Å². The van der Waals surface area contributed by atoms with Gasteiger partial charge in [-0.05, 0) is 48.1 Å². The lowest BCUT2D eigenvalue weighted by molar-refractivity contribution is 0.410. The Kier molecular flexibility index (Phi) is 15.7. The monoisotopic (exact) mass is 505 g/mol. The van der Waals surface area contributed by atoms with Crippen molar-refractivity contribution in [2.24, 2.45) is 0 Å². The minimum absolute atomic E-state index is 0.516. The van der Waals surface area contributed by atoms with Gasteiger partial charge in [0.15, 0.2) is 5.75 Å². The summed E-state index contributed by atoms with van der Waals surface area (Å²) in [7, 11) is 1.59. The highest BCUT2D eigenvalue weighted by Gasteiger charge is 2.08. The summed E-state index contributed by atoms with van der Waals surface area (Å²) in [6.07, 6.45) is 19.6. The topological polar surface area (TPSA) is 68.1 Å². The number of aromatic hydroxyl groups is 1. The predicted molar refractivity (Wildman–Crippen MR) is 154 cm³/mol. The molecule has 0 unspecified atom stereocenters. The average Bonchev–Trinajstić information content (AvgIpc) is 2.94. The molecule has 5 nitrogen and oxygen atoms in total. The fourth-order valence-corrected chi connectivity index (χ4v) is 4.53. The van der Waals surface area contributed by atoms with Crippen molar-refractivity contribution in [3.63, 3.8) is 0 Å². The summed E-state index contributed by atoms with van der Waals surface area (Å²) in [5, 5.41) is 21.4. The van der Waals surface area contributed by atoms with Crippen LogP contribution in [0.4, 0.5) is 0 Å². The van der Waals surface area contributed by atoms with E-state index in [1.54, 1.807) is 13.3 Å². The van der Waals surface area contributed by atoms with Crippen LogP contribution in [0.3, 0.4) is 0 Å². The molecule has 0 aliphatic carbocycles. The van der Waals surface area contributed by atoms with E-state index in [4.69, 9.17) is 4.74 Å². The first kappa shape index (κ1) is 30.3. The molecular weight excluding hydrogens is 458 g/mol. The summed E-state index contributed by atoms with van der Waals surface area (Å²) in [6.45, 7) is 4.53. The van der Waals surface area contributed by atoms with Crippen LogP contribution in [0.25, 0.3) is 11.3 Å². The first-order chi connectivity index (χ1) is 18.2. The molecule has 0 amide bonds. The highest BCUT2D eigenvalue weighted by atomic mass is 16.5. The van der Waals surface area contributed by atoms with E-state index in [0.29, 0.717) is 17.2 Å². The Morgan fingerprint density at radius 1 is 0.703 bits per heavy atom. The Morgan fingerprint density at radius 2 is 1.32 bits per heavy atom. The molecule has 0 spiro atoms. The van der Waals surface area contributed by atoms with E-state index in [9.17, 15) is 5.11 Å². The van der Waals surface area contributed by atoms with Crippen molar-refractivity contribution in [3.8, 4) is 22.8 Å². The number of benzene rings is 2. The summed E-state index contributed by atoms with van der Waals surface area (Å²) in [6, 6.07) is 15.8. The van der Waals surface area contributed by atoms with Crippen molar-refractivity contribution in [1.29, 1.82) is 0 Å². The Labute approximate surface area is 224 Å². The number of methoxy groups -OCH3 is 1. The Balaban J connectivity index is 0.000000291. The predicted octanol–water partition coefficient (Wildman–Crippen LogP) is 8.75. The molecule has 0 atom stereocenters. The number of ether oxygens (including phenoxy) is 1. The maximum absolute atomic E-state index is 10.2. The van der Waals surface area contributed by atoms with E-state index in [0.717, 1.165) is 18.4 Å². The van der Waals surface area contributed by atoms with Crippen LogP contribution in [-0.2, 0) is 12.8 Å². The molecule has 1 N–H and O–H groups in total. The molecule has 0 aliphatic heterocycles. The van der Waals surface area contributed by atoms with E-state index in [1.807, 2.05) is 42.5 Å². The number of hydrogen-bond donors (Lipinski definition) is 1. The zero-order valence-corrected chi connectivity index (χ0v) is 23.3. The van der Waals surface area contributed by atoms with Crippen LogP contribution in [0.2, 0.25) is 0 Å². The quantitative estimate of drug-likeness (QED) is 0.197. The summed E-state index contributed by atoms with van der Waals surface area (Å²) < 4.78 is 5.13. The smallest absolute Gasteiger partial charge is 0.167 e. The molecule has 0 radical (unpaired) electrons. The first-order valence-electron chi connectivity index (χ1n) is 14.3. The molecule has 202 valence electrons. The molecule has 0 saturated heterocycles. The summed E-state index contributed by atoms with van der Waals surface area (Å²) in [5.41, 5.74) is 4.29. The fraction of sp³-hybridized carbons (Fsp3) is 0.531. The van der Waals surface area contributed by atoms with E-state index in [1.165, 1.54) is 88.2 Å². The SMILES string of the molecule is CCCCCCCCc1cccc(O)c1CCCCCCCC.COc1cnnnc1-c1ccccc1. The molecule has 2 aromatic carbocycles. The number of phenols is 1. The molecule has 5 heteroatoms. The van der Waals surface area contributed by atoms with Crippen LogP contribution >= 0.6 is 0 Å². The van der Waals surface area contributed by atoms with E-state index in [2.05, 4.69) is 35.3 Å². The molecule has 0 aliphatic rings. The number of rotatable bonds is 16. The lowest BCUT2D eigenvalue weighted by Crippen LogP contribution is -1.96. The van der Waals surface area contributed by atoms with Crippen LogP contribution < -0.4 is 4.74 Å². The third kappa shape index (κ3) is 11.8. The van der Waals surface area contributed by atoms with Gasteiger partial charge in [0.05, 0.1) is 13.3 Å². The largest absolute Gasteiger partial charge is 0.508 e. The highest BCUT2D eigenvalue weighted by Crippen LogP contribution is 2.26. The van der Waals surface area contributed by atoms with Gasteiger partial charge in [0, 0.05) is 5.56 Å². The van der Waals surface area contributed by atoms with Crippen molar-refractivity contribution < 1.29 is 9.84 Å². The van der Waals surface area contributed by atoms with Crippen LogP contribution in [0, 0.1) is 0 Å². The van der Waals surface area contributed by atoms with Gasteiger partial charge in [0.25, 0.3) is 0 Å². The third-order valence-electron chi connectivity index (χ3n) is 6.70. The molecule has 1 aromatic heterocycles. The Hall–Kier alpha value is -2.95. The van der Waals surface area contributed by atoms with Crippen molar-refractivity contribution in [2.75, 3.05) is 7.11 Å². The van der Waals surface area contributed by atoms with Gasteiger partial charge in [-0.15, -0.1) is 10.2 Å². The average molecular weight is 506 g/mol. The molecule has 3 rings (SSSR count). The molecule has 37 heavy (non-hydrogen) atoms. The Morgan fingerprint density at radius 3 is 1.97 bits per heavy atom. The molecule has 0 bridgehead atoms. The minimum atomic E-state index is 0.516. The number of hydrogen-bond acceptors (Lipinski definition) is 5. The van der Waals surface area contributed by atoms with Gasteiger partial charge >= 0.3 is 0 Å². The van der Waals surface area contributed by atoms with Crippen molar-refractivity contribution in [2.45, 2.75) is 104 Å². The van der Waals surface area contributed by atoms with Crippen LogP contribution in [0.1, 0.15) is 102 Å². The van der Waals surface area contributed by atoms with E-state index < -0.39 is 0 Å². The zero-order chi connectivity index (χ0) is 26.6. The number of aromatic nitrogens is 3. The molecule has 0 saturated carbocycles. The molecule has 3 aromatic rings. The molecular formula is C32H47N3O2. The van der Waals surface area contributed by atoms with Gasteiger partial charge in [0.1, 0.15) is 11.4 Å². The number of unbranched alkanes of at least 4 members (excludes halogenated alkanes) is 10. The lowest BCUT2D eigenvalue weighted by atomic mass is 9.95. The van der Waals surface area contributed by atoms with E-state index >= 15 is 0 Å². The number of nitrogens with zero attached hydrogens (tertiary/aromatic N) is 3.